The van der Waals surface area contributed by atoms with Crippen molar-refractivity contribution in [3.8, 4) is 17.0 Å². The number of rotatable bonds is 4. The maximum atomic E-state index is 12.9. The molecule has 6 nitrogen and oxygen atoms in total. The lowest BCUT2D eigenvalue weighted by Gasteiger charge is -2.14. The molecule has 1 atom stereocenters. The molecule has 0 saturated carbocycles. The van der Waals surface area contributed by atoms with Crippen LogP contribution in [0.2, 0.25) is 0 Å². The number of hydrogen-bond donors (Lipinski definition) is 2. The first kappa shape index (κ1) is 17.9. The van der Waals surface area contributed by atoms with Crippen molar-refractivity contribution in [1.29, 1.82) is 0 Å². The zero-order chi connectivity index (χ0) is 19.8. The number of para-hydroxylation sites is 1. The highest BCUT2D eigenvalue weighted by Gasteiger charge is 2.38. The second-order valence-corrected chi connectivity index (χ2v) is 6.65. The maximum Gasteiger partial charge on any atom is 0.340 e. The number of aromatic amines is 1. The first-order valence-corrected chi connectivity index (χ1v) is 8.90. The van der Waals surface area contributed by atoms with E-state index in [1.54, 1.807) is 14.0 Å². The van der Waals surface area contributed by atoms with Crippen molar-refractivity contribution in [2.75, 3.05) is 19.5 Å². The summed E-state index contributed by atoms with van der Waals surface area (Å²) >= 11 is 0. The highest BCUT2D eigenvalue weighted by molar-refractivity contribution is 6.08. The fourth-order valence-electron chi connectivity index (χ4n) is 3.80. The number of methoxy groups -OCH3 is 2. The van der Waals surface area contributed by atoms with Gasteiger partial charge in [0.1, 0.15) is 5.75 Å². The summed E-state index contributed by atoms with van der Waals surface area (Å²) in [5.74, 6) is -0.576. The van der Waals surface area contributed by atoms with Gasteiger partial charge in [-0.1, -0.05) is 30.3 Å². The monoisotopic (exact) mass is 376 g/mol. The molecule has 1 aliphatic heterocycles. The molecule has 3 aromatic rings. The SMILES string of the molecule is COC(=O)c1c(C)[nH]c(-c2cccc(OC)c2)c1[C@@H]1C(=O)Nc2ccccc21. The van der Waals surface area contributed by atoms with Crippen LogP contribution in [0.3, 0.4) is 0 Å². The molecule has 0 bridgehead atoms. The van der Waals surface area contributed by atoms with E-state index >= 15 is 0 Å². The molecule has 28 heavy (non-hydrogen) atoms. The van der Waals surface area contributed by atoms with E-state index in [1.165, 1.54) is 7.11 Å². The van der Waals surface area contributed by atoms with Crippen LogP contribution in [0.15, 0.2) is 48.5 Å². The summed E-state index contributed by atoms with van der Waals surface area (Å²) in [5, 5.41) is 2.91. The zero-order valence-electron chi connectivity index (χ0n) is 15.8. The predicted octanol–water partition coefficient (Wildman–Crippen LogP) is 3.87. The van der Waals surface area contributed by atoms with Gasteiger partial charge in [-0.3, -0.25) is 4.79 Å². The molecule has 0 saturated heterocycles. The molecule has 142 valence electrons. The van der Waals surface area contributed by atoms with E-state index in [0.717, 1.165) is 16.8 Å². The number of aryl methyl sites for hydroxylation is 1. The topological polar surface area (TPSA) is 80.4 Å². The van der Waals surface area contributed by atoms with E-state index in [0.29, 0.717) is 28.3 Å². The number of ether oxygens (including phenoxy) is 2. The Morgan fingerprint density at radius 3 is 2.61 bits per heavy atom. The van der Waals surface area contributed by atoms with Crippen molar-refractivity contribution in [3.05, 3.63) is 70.9 Å². The van der Waals surface area contributed by atoms with Crippen molar-refractivity contribution in [2.24, 2.45) is 0 Å². The average Bonchev–Trinajstić information content (AvgIpc) is 3.22. The van der Waals surface area contributed by atoms with Crippen molar-refractivity contribution >= 4 is 17.6 Å². The summed E-state index contributed by atoms with van der Waals surface area (Å²) in [6.45, 7) is 1.80. The van der Waals surface area contributed by atoms with Crippen LogP contribution in [0.4, 0.5) is 5.69 Å². The summed E-state index contributed by atoms with van der Waals surface area (Å²) in [7, 11) is 2.94. The predicted molar refractivity (Wildman–Crippen MR) is 106 cm³/mol. The lowest BCUT2D eigenvalue weighted by Crippen LogP contribution is -2.17. The summed E-state index contributed by atoms with van der Waals surface area (Å²) < 4.78 is 10.4. The Kier molecular flexibility index (Phi) is 4.39. The van der Waals surface area contributed by atoms with E-state index in [9.17, 15) is 9.59 Å². The molecule has 2 N–H and O–H groups in total. The molecule has 0 radical (unpaired) electrons. The fourth-order valence-corrected chi connectivity index (χ4v) is 3.80. The number of carbonyl (C=O) groups is 2. The van der Waals surface area contributed by atoms with Gasteiger partial charge in [0.05, 0.1) is 31.4 Å². The van der Waals surface area contributed by atoms with Crippen LogP contribution < -0.4 is 10.1 Å². The Morgan fingerprint density at radius 1 is 1.07 bits per heavy atom. The van der Waals surface area contributed by atoms with Crippen LogP contribution in [0.25, 0.3) is 11.3 Å². The maximum absolute atomic E-state index is 12.9. The Labute approximate surface area is 162 Å². The van der Waals surface area contributed by atoms with Gasteiger partial charge in [0.2, 0.25) is 5.91 Å². The third-order valence-electron chi connectivity index (χ3n) is 5.05. The van der Waals surface area contributed by atoms with Gasteiger partial charge in [-0.2, -0.15) is 0 Å². The molecule has 1 amide bonds. The zero-order valence-corrected chi connectivity index (χ0v) is 15.8. The third kappa shape index (κ3) is 2.74. The Morgan fingerprint density at radius 2 is 1.86 bits per heavy atom. The second kappa shape index (κ2) is 6.88. The van der Waals surface area contributed by atoms with Gasteiger partial charge in [-0.15, -0.1) is 0 Å². The Hall–Kier alpha value is -3.54. The minimum absolute atomic E-state index is 0.172. The van der Waals surface area contributed by atoms with Crippen LogP contribution in [0.1, 0.15) is 33.1 Å². The molecular formula is C22H20N2O4. The second-order valence-electron chi connectivity index (χ2n) is 6.65. The number of esters is 1. The minimum atomic E-state index is -0.614. The molecule has 2 heterocycles. The Balaban J connectivity index is 1.99. The van der Waals surface area contributed by atoms with Gasteiger partial charge in [0.25, 0.3) is 0 Å². The van der Waals surface area contributed by atoms with Crippen molar-refractivity contribution in [1.82, 2.24) is 4.98 Å². The standard InChI is InChI=1S/C22H20N2O4/c1-12-17(22(26)28-3)19(18-15-9-4-5-10-16(15)24-21(18)25)20(23-12)13-7-6-8-14(11-13)27-2/h4-11,18,23H,1-3H3,(H,24,25)/t18-/m1/s1. The Bertz CT molecular complexity index is 1080. The lowest BCUT2D eigenvalue weighted by molar-refractivity contribution is -0.116. The first-order chi connectivity index (χ1) is 13.5. The lowest BCUT2D eigenvalue weighted by atomic mass is 9.87. The third-order valence-corrected chi connectivity index (χ3v) is 5.05. The number of anilines is 1. The van der Waals surface area contributed by atoms with Gasteiger partial charge >= 0.3 is 5.97 Å². The molecule has 0 unspecified atom stereocenters. The number of amides is 1. The van der Waals surface area contributed by atoms with E-state index in [1.807, 2.05) is 48.5 Å². The molecule has 1 aromatic heterocycles. The number of aromatic nitrogens is 1. The largest absolute Gasteiger partial charge is 0.497 e. The molecule has 4 rings (SSSR count). The molecule has 0 aliphatic carbocycles. The number of carbonyl (C=O) groups excluding carboxylic acids is 2. The summed E-state index contributed by atoms with van der Waals surface area (Å²) in [5.41, 5.74) is 4.76. The van der Waals surface area contributed by atoms with Gasteiger partial charge < -0.3 is 19.8 Å². The number of fused-ring (bicyclic) bond motifs is 1. The molecule has 0 spiro atoms. The van der Waals surface area contributed by atoms with E-state index in [4.69, 9.17) is 9.47 Å². The molecule has 0 fully saturated rings. The van der Waals surface area contributed by atoms with Crippen molar-refractivity contribution in [2.45, 2.75) is 12.8 Å². The quantitative estimate of drug-likeness (QED) is 0.678. The number of H-pyrrole nitrogens is 1. The van der Waals surface area contributed by atoms with Gasteiger partial charge in [-0.25, -0.2) is 4.79 Å². The molecule has 6 heteroatoms. The summed E-state index contributed by atoms with van der Waals surface area (Å²) in [6, 6.07) is 15.0. The summed E-state index contributed by atoms with van der Waals surface area (Å²) in [6.07, 6.45) is 0. The minimum Gasteiger partial charge on any atom is -0.497 e. The summed E-state index contributed by atoms with van der Waals surface area (Å²) in [4.78, 5) is 28.8. The molecule has 2 aromatic carbocycles. The highest BCUT2D eigenvalue weighted by atomic mass is 16.5. The van der Waals surface area contributed by atoms with Gasteiger partial charge in [0, 0.05) is 22.5 Å². The van der Waals surface area contributed by atoms with E-state index < -0.39 is 11.9 Å². The molecule has 1 aliphatic rings. The van der Waals surface area contributed by atoms with E-state index in [-0.39, 0.29) is 5.91 Å². The normalized spacial score (nSPS) is 15.1. The van der Waals surface area contributed by atoms with E-state index in [2.05, 4.69) is 10.3 Å². The highest BCUT2D eigenvalue weighted by Crippen LogP contribution is 2.44. The number of benzene rings is 2. The van der Waals surface area contributed by atoms with Crippen molar-refractivity contribution in [3.63, 3.8) is 0 Å². The van der Waals surface area contributed by atoms with Gasteiger partial charge in [-0.05, 0) is 30.7 Å². The van der Waals surface area contributed by atoms with Crippen LogP contribution in [-0.4, -0.2) is 31.1 Å². The van der Waals surface area contributed by atoms with Crippen LogP contribution in [-0.2, 0) is 9.53 Å². The average molecular weight is 376 g/mol. The number of nitrogens with one attached hydrogen (secondary N) is 2. The first-order valence-electron chi connectivity index (χ1n) is 8.90. The molecular weight excluding hydrogens is 356 g/mol. The van der Waals surface area contributed by atoms with Crippen molar-refractivity contribution < 1.29 is 19.1 Å². The van der Waals surface area contributed by atoms with Crippen LogP contribution >= 0.6 is 0 Å². The van der Waals surface area contributed by atoms with Crippen LogP contribution in [0.5, 0.6) is 5.75 Å². The fraction of sp³-hybridized carbons (Fsp3) is 0.182. The van der Waals surface area contributed by atoms with Crippen LogP contribution in [0, 0.1) is 6.92 Å². The number of hydrogen-bond acceptors (Lipinski definition) is 4. The van der Waals surface area contributed by atoms with Gasteiger partial charge in [0.15, 0.2) is 0 Å². The smallest absolute Gasteiger partial charge is 0.340 e.